The smallest absolute Gasteiger partial charge is 0.323 e. The van der Waals surface area contributed by atoms with Gasteiger partial charge < -0.3 is 14.7 Å². The first-order valence-electron chi connectivity index (χ1n) is 8.83. The average Bonchev–Trinajstić information content (AvgIpc) is 3.14. The van der Waals surface area contributed by atoms with Crippen molar-refractivity contribution in [2.45, 2.75) is 39.2 Å². The minimum atomic E-state index is -0.900. The van der Waals surface area contributed by atoms with Gasteiger partial charge in [-0.25, -0.2) is 4.98 Å². The summed E-state index contributed by atoms with van der Waals surface area (Å²) in [6, 6.07) is 7.59. The van der Waals surface area contributed by atoms with Crippen LogP contribution >= 0.6 is 0 Å². The summed E-state index contributed by atoms with van der Waals surface area (Å²) in [5, 5.41) is 10.2. The second-order valence-electron chi connectivity index (χ2n) is 7.13. The zero-order chi connectivity index (χ0) is 18.4. The summed E-state index contributed by atoms with van der Waals surface area (Å²) in [7, 11) is 0. The number of aliphatic carboxylic acids is 1. The third kappa shape index (κ3) is 2.53. The van der Waals surface area contributed by atoms with Crippen LogP contribution in [0.25, 0.3) is 10.9 Å². The van der Waals surface area contributed by atoms with Crippen LogP contribution in [0.4, 0.5) is 0 Å². The second kappa shape index (κ2) is 6.12. The highest BCUT2D eigenvalue weighted by Crippen LogP contribution is 2.41. The van der Waals surface area contributed by atoms with E-state index >= 15 is 0 Å². The molecular weight excluding hydrogens is 330 g/mol. The number of aromatic amines is 1. The van der Waals surface area contributed by atoms with Crippen LogP contribution < -0.4 is 0 Å². The van der Waals surface area contributed by atoms with Gasteiger partial charge in [0.15, 0.2) is 5.78 Å². The molecule has 0 saturated heterocycles. The van der Waals surface area contributed by atoms with Crippen LogP contribution in [0.5, 0.6) is 0 Å². The van der Waals surface area contributed by atoms with Crippen molar-refractivity contribution in [1.29, 1.82) is 0 Å². The Hall–Kier alpha value is -2.89. The quantitative estimate of drug-likeness (QED) is 0.755. The maximum atomic E-state index is 13.3. The third-order valence-electron chi connectivity index (χ3n) is 5.40. The maximum absolute atomic E-state index is 13.3. The molecule has 0 radical (unpaired) electrons. The number of nitrogens with one attached hydrogen (secondary N) is 1. The van der Waals surface area contributed by atoms with Gasteiger partial charge in [0.25, 0.3) is 0 Å². The third-order valence-corrected chi connectivity index (χ3v) is 5.40. The van der Waals surface area contributed by atoms with Crippen LogP contribution in [0.15, 0.2) is 30.6 Å². The zero-order valence-corrected chi connectivity index (χ0v) is 14.8. The molecule has 1 aliphatic carbocycles. The molecule has 0 amide bonds. The molecule has 4 rings (SSSR count). The number of ketones is 1. The summed E-state index contributed by atoms with van der Waals surface area (Å²) < 4.78 is 1.80. The molecule has 3 aromatic rings. The molecule has 0 aliphatic heterocycles. The Bertz CT molecular complexity index is 1010. The van der Waals surface area contributed by atoms with Crippen molar-refractivity contribution in [3.8, 4) is 0 Å². The maximum Gasteiger partial charge on any atom is 0.323 e. The fourth-order valence-electron chi connectivity index (χ4n) is 4.25. The van der Waals surface area contributed by atoms with Crippen molar-refractivity contribution in [1.82, 2.24) is 14.5 Å². The van der Waals surface area contributed by atoms with E-state index in [0.29, 0.717) is 18.4 Å². The monoisotopic (exact) mass is 351 g/mol. The number of H-pyrrole nitrogens is 1. The highest BCUT2D eigenvalue weighted by atomic mass is 16.4. The molecule has 1 aromatic carbocycles. The molecule has 2 unspecified atom stereocenters. The number of hydrogen-bond acceptors (Lipinski definition) is 3. The number of Topliss-reactive ketones (excluding diaryl/α,β-unsaturated/α-hetero) is 1. The molecular formula is C20H21N3O3. The molecule has 134 valence electrons. The molecule has 6 nitrogen and oxygen atoms in total. The Morgan fingerprint density at radius 1 is 1.38 bits per heavy atom. The summed E-state index contributed by atoms with van der Waals surface area (Å²) in [5.74, 6) is -0.828. The van der Waals surface area contributed by atoms with Gasteiger partial charge in [0.2, 0.25) is 0 Å². The molecule has 1 aliphatic rings. The number of aromatic nitrogens is 3. The first-order valence-corrected chi connectivity index (χ1v) is 8.83. The SMILES string of the molecule is Cc1[nH]cnc1CC1CC(C)c2c(c3ccccc3n2CC(=O)O)C1=O. The predicted molar refractivity (Wildman–Crippen MR) is 97.5 cm³/mol. The first-order chi connectivity index (χ1) is 12.5. The number of carbonyl (C=O) groups excluding carboxylic acids is 1. The van der Waals surface area contributed by atoms with E-state index < -0.39 is 5.97 Å². The van der Waals surface area contributed by atoms with Gasteiger partial charge in [-0.2, -0.15) is 0 Å². The number of hydrogen-bond donors (Lipinski definition) is 2. The number of carbonyl (C=O) groups is 2. The van der Waals surface area contributed by atoms with E-state index in [9.17, 15) is 14.7 Å². The van der Waals surface area contributed by atoms with Crippen LogP contribution in [0, 0.1) is 12.8 Å². The summed E-state index contributed by atoms with van der Waals surface area (Å²) in [5.41, 5.74) is 4.28. The number of carboxylic acid groups (broad SMARTS) is 1. The molecule has 0 bridgehead atoms. The molecule has 2 aromatic heterocycles. The fraction of sp³-hybridized carbons (Fsp3) is 0.350. The van der Waals surface area contributed by atoms with E-state index in [4.69, 9.17) is 0 Å². The summed E-state index contributed by atoms with van der Waals surface area (Å²) in [4.78, 5) is 32.1. The second-order valence-corrected chi connectivity index (χ2v) is 7.13. The lowest BCUT2D eigenvalue weighted by molar-refractivity contribution is -0.137. The topological polar surface area (TPSA) is 88.0 Å². The largest absolute Gasteiger partial charge is 0.480 e. The fourth-order valence-corrected chi connectivity index (χ4v) is 4.25. The number of fused-ring (bicyclic) bond motifs is 3. The molecule has 2 heterocycles. The van der Waals surface area contributed by atoms with Gasteiger partial charge >= 0.3 is 5.97 Å². The van der Waals surface area contributed by atoms with Gasteiger partial charge in [-0.1, -0.05) is 25.1 Å². The van der Waals surface area contributed by atoms with Crippen LogP contribution in [0.1, 0.15) is 46.7 Å². The highest BCUT2D eigenvalue weighted by Gasteiger charge is 2.37. The minimum absolute atomic E-state index is 0.0980. The molecule has 2 N–H and O–H groups in total. The Kier molecular flexibility index (Phi) is 3.90. The van der Waals surface area contributed by atoms with Crippen molar-refractivity contribution >= 4 is 22.7 Å². The number of imidazole rings is 1. The number of rotatable bonds is 4. The van der Waals surface area contributed by atoms with Crippen LogP contribution in [-0.2, 0) is 17.8 Å². The van der Waals surface area contributed by atoms with Crippen molar-refractivity contribution in [3.63, 3.8) is 0 Å². The highest BCUT2D eigenvalue weighted by molar-refractivity contribution is 6.11. The predicted octanol–water partition coefficient (Wildman–Crippen LogP) is 3.31. The average molecular weight is 351 g/mol. The van der Waals surface area contributed by atoms with E-state index in [0.717, 1.165) is 28.0 Å². The molecule has 0 spiro atoms. The Morgan fingerprint density at radius 3 is 2.85 bits per heavy atom. The molecule has 26 heavy (non-hydrogen) atoms. The van der Waals surface area contributed by atoms with Gasteiger partial charge in [-0.3, -0.25) is 9.59 Å². The lowest BCUT2D eigenvalue weighted by Gasteiger charge is -2.27. The van der Waals surface area contributed by atoms with Crippen molar-refractivity contribution in [2.24, 2.45) is 5.92 Å². The summed E-state index contributed by atoms with van der Waals surface area (Å²) in [6.07, 6.45) is 2.97. The van der Waals surface area contributed by atoms with Gasteiger partial charge in [0, 0.05) is 40.2 Å². The van der Waals surface area contributed by atoms with Gasteiger partial charge in [-0.15, -0.1) is 0 Å². The Balaban J connectivity index is 1.83. The van der Waals surface area contributed by atoms with E-state index in [1.54, 1.807) is 10.9 Å². The van der Waals surface area contributed by atoms with Gasteiger partial charge in [0.1, 0.15) is 6.54 Å². The van der Waals surface area contributed by atoms with Crippen molar-refractivity contribution in [2.75, 3.05) is 0 Å². The van der Waals surface area contributed by atoms with E-state index in [1.165, 1.54) is 0 Å². The van der Waals surface area contributed by atoms with E-state index in [1.807, 2.05) is 31.2 Å². The first kappa shape index (κ1) is 16.6. The van der Waals surface area contributed by atoms with Crippen molar-refractivity contribution in [3.05, 3.63) is 53.2 Å². The minimum Gasteiger partial charge on any atom is -0.480 e. The van der Waals surface area contributed by atoms with E-state index in [-0.39, 0.29) is 24.2 Å². The summed E-state index contributed by atoms with van der Waals surface area (Å²) in [6.45, 7) is 3.91. The number of para-hydroxylation sites is 1. The number of carboxylic acids is 1. The number of nitrogens with zero attached hydrogens (tertiary/aromatic N) is 2. The van der Waals surface area contributed by atoms with Gasteiger partial charge in [0.05, 0.1) is 12.0 Å². The standard InChI is InChI=1S/C20H21N3O3/c1-11-7-13(8-15-12(2)21-10-22-15)20(26)18-14-5-3-4-6-16(14)23(19(11)18)9-17(24)25/h3-6,10-11,13H,7-9H2,1-2H3,(H,21,22)(H,24,25). The Labute approximate surface area is 150 Å². The lowest BCUT2D eigenvalue weighted by Crippen LogP contribution is -2.28. The molecule has 6 heteroatoms. The van der Waals surface area contributed by atoms with Crippen LogP contribution in [0.2, 0.25) is 0 Å². The lowest BCUT2D eigenvalue weighted by atomic mass is 9.77. The summed E-state index contributed by atoms with van der Waals surface area (Å²) >= 11 is 0. The van der Waals surface area contributed by atoms with Crippen LogP contribution in [0.3, 0.4) is 0 Å². The van der Waals surface area contributed by atoms with Gasteiger partial charge in [-0.05, 0) is 25.3 Å². The molecule has 2 atom stereocenters. The zero-order valence-electron chi connectivity index (χ0n) is 14.8. The Morgan fingerprint density at radius 2 is 2.15 bits per heavy atom. The number of aryl methyl sites for hydroxylation is 1. The van der Waals surface area contributed by atoms with Crippen molar-refractivity contribution < 1.29 is 14.7 Å². The normalized spacial score (nSPS) is 19.7. The van der Waals surface area contributed by atoms with E-state index in [2.05, 4.69) is 16.9 Å². The molecule has 0 fully saturated rings. The van der Waals surface area contributed by atoms with Crippen LogP contribution in [-0.4, -0.2) is 31.4 Å². The number of benzene rings is 1. The molecule has 0 saturated carbocycles.